The second kappa shape index (κ2) is 13.3. The summed E-state index contributed by atoms with van der Waals surface area (Å²) in [5, 5.41) is 11.9. The third-order valence-corrected chi connectivity index (χ3v) is 9.68. The van der Waals surface area contributed by atoms with E-state index in [1.807, 2.05) is 18.2 Å². The van der Waals surface area contributed by atoms with E-state index in [0.717, 1.165) is 72.1 Å². The number of hydrogen-bond acceptors (Lipinski definition) is 6. The van der Waals surface area contributed by atoms with Crippen LogP contribution >= 0.6 is 23.4 Å². The number of carboxylic acid groups (broad SMARTS) is 1. The largest absolute Gasteiger partial charge is 0.497 e. The number of rotatable bonds is 11. The lowest BCUT2D eigenvalue weighted by Crippen LogP contribution is -2.42. The van der Waals surface area contributed by atoms with E-state index in [2.05, 4.69) is 21.6 Å². The molecule has 0 spiro atoms. The molecule has 2 fully saturated rings. The number of benzene rings is 1. The van der Waals surface area contributed by atoms with Gasteiger partial charge in [-0.25, -0.2) is 0 Å². The summed E-state index contributed by atoms with van der Waals surface area (Å²) in [7, 11) is 1.64. The molecular formula is C28H40ClN3O3S. The summed E-state index contributed by atoms with van der Waals surface area (Å²) in [6.07, 6.45) is 11.4. The molecular weight excluding hydrogens is 494 g/mol. The lowest BCUT2D eigenvalue weighted by Gasteiger charge is -2.38. The van der Waals surface area contributed by atoms with Crippen molar-refractivity contribution < 1.29 is 14.6 Å². The molecule has 198 valence electrons. The quantitative estimate of drug-likeness (QED) is 0.357. The van der Waals surface area contributed by atoms with Crippen molar-refractivity contribution in [2.24, 2.45) is 17.6 Å². The molecule has 4 rings (SSSR count). The Morgan fingerprint density at radius 3 is 2.83 bits per heavy atom. The van der Waals surface area contributed by atoms with Crippen molar-refractivity contribution in [1.29, 1.82) is 0 Å². The lowest BCUT2D eigenvalue weighted by atomic mass is 9.79. The smallest absolute Gasteiger partial charge is 0.303 e. The van der Waals surface area contributed by atoms with Gasteiger partial charge in [-0.1, -0.05) is 30.9 Å². The summed E-state index contributed by atoms with van der Waals surface area (Å²) < 4.78 is 5.40. The fourth-order valence-corrected chi connectivity index (χ4v) is 7.64. The van der Waals surface area contributed by atoms with Crippen LogP contribution in [0.1, 0.15) is 69.4 Å². The Morgan fingerprint density at radius 1 is 1.28 bits per heavy atom. The number of pyridine rings is 1. The first-order chi connectivity index (χ1) is 17.4. The highest BCUT2D eigenvalue weighted by Crippen LogP contribution is 2.37. The number of carboxylic acids is 1. The van der Waals surface area contributed by atoms with Gasteiger partial charge < -0.3 is 20.5 Å². The van der Waals surface area contributed by atoms with Gasteiger partial charge in [-0.3, -0.25) is 9.78 Å². The van der Waals surface area contributed by atoms with E-state index in [-0.39, 0.29) is 18.4 Å². The molecule has 1 saturated heterocycles. The zero-order valence-electron chi connectivity index (χ0n) is 21.3. The van der Waals surface area contributed by atoms with E-state index in [4.69, 9.17) is 22.1 Å². The van der Waals surface area contributed by atoms with Gasteiger partial charge in [0.05, 0.1) is 17.6 Å². The molecule has 1 aromatic carbocycles. The Balaban J connectivity index is 1.35. The molecule has 3 atom stereocenters. The monoisotopic (exact) mass is 533 g/mol. The average molecular weight is 534 g/mol. The number of halogens is 1. The number of aliphatic carboxylic acids is 1. The molecule has 1 aliphatic carbocycles. The third kappa shape index (κ3) is 7.27. The number of nitrogens with two attached hydrogens (primary N) is 1. The topological polar surface area (TPSA) is 88.7 Å². The first-order valence-electron chi connectivity index (χ1n) is 13.4. The first-order valence-corrected chi connectivity index (χ1v) is 14.8. The van der Waals surface area contributed by atoms with Gasteiger partial charge in [-0.15, -0.1) is 0 Å². The van der Waals surface area contributed by atoms with Gasteiger partial charge in [0.2, 0.25) is 0 Å². The second-order valence-electron chi connectivity index (χ2n) is 10.4. The number of ether oxygens (including phenoxy) is 1. The molecule has 8 heteroatoms. The molecule has 6 nitrogen and oxygen atoms in total. The predicted molar refractivity (Wildman–Crippen MR) is 149 cm³/mol. The average Bonchev–Trinajstić information content (AvgIpc) is 2.88. The first kappa shape index (κ1) is 27.5. The number of methoxy groups -OCH3 is 1. The molecule has 2 heterocycles. The molecule has 2 unspecified atom stereocenters. The summed E-state index contributed by atoms with van der Waals surface area (Å²) >= 11 is 8.69. The van der Waals surface area contributed by atoms with Crippen LogP contribution in [0.5, 0.6) is 5.75 Å². The molecule has 0 radical (unpaired) electrons. The van der Waals surface area contributed by atoms with E-state index >= 15 is 0 Å². The van der Waals surface area contributed by atoms with Crippen molar-refractivity contribution >= 4 is 40.2 Å². The molecule has 36 heavy (non-hydrogen) atoms. The van der Waals surface area contributed by atoms with Crippen molar-refractivity contribution in [3.63, 3.8) is 0 Å². The van der Waals surface area contributed by atoms with Gasteiger partial charge >= 0.3 is 5.97 Å². The van der Waals surface area contributed by atoms with Gasteiger partial charge in [-0.05, 0) is 74.2 Å². The molecule has 2 aliphatic rings. The van der Waals surface area contributed by atoms with Crippen LogP contribution < -0.4 is 10.5 Å². The summed E-state index contributed by atoms with van der Waals surface area (Å²) in [5.74, 6) is 1.71. The van der Waals surface area contributed by atoms with Gasteiger partial charge in [0.15, 0.2) is 0 Å². The van der Waals surface area contributed by atoms with Crippen molar-refractivity contribution in [2.75, 3.05) is 32.5 Å². The molecule has 1 saturated carbocycles. The normalized spacial score (nSPS) is 22.5. The maximum absolute atomic E-state index is 11.7. The zero-order valence-corrected chi connectivity index (χ0v) is 22.9. The Morgan fingerprint density at radius 2 is 2.08 bits per heavy atom. The van der Waals surface area contributed by atoms with Crippen LogP contribution in [-0.4, -0.2) is 58.7 Å². The summed E-state index contributed by atoms with van der Waals surface area (Å²) in [6, 6.07) is 5.51. The number of carbonyl (C=O) groups is 1. The van der Waals surface area contributed by atoms with Gasteiger partial charge in [-0.2, -0.15) is 11.8 Å². The van der Waals surface area contributed by atoms with Crippen molar-refractivity contribution in [2.45, 2.75) is 69.1 Å². The number of piperidine rings is 1. The lowest BCUT2D eigenvalue weighted by molar-refractivity contribution is -0.139. The van der Waals surface area contributed by atoms with Crippen LogP contribution in [0.15, 0.2) is 24.4 Å². The second-order valence-corrected chi connectivity index (χ2v) is 12.2. The Kier molecular flexibility index (Phi) is 10.2. The number of hydrogen-bond donors (Lipinski definition) is 2. The minimum absolute atomic E-state index is 0.160. The van der Waals surface area contributed by atoms with E-state index in [1.54, 1.807) is 13.3 Å². The molecule has 1 aromatic heterocycles. The highest BCUT2D eigenvalue weighted by molar-refractivity contribution is 7.99. The van der Waals surface area contributed by atoms with Crippen molar-refractivity contribution in [3.8, 4) is 5.75 Å². The summed E-state index contributed by atoms with van der Waals surface area (Å²) in [4.78, 5) is 18.6. The standard InChI is InChI=1S/C28H40ClN3O3S/c1-35-21-8-10-26-23(16-21)28(24(29)17-31-26)25(30)9-7-19-11-12-32(18-20(19)15-27(33)34)13-14-36-22-5-3-2-4-6-22/h8,10,16-17,19-20,22,25H,2-7,9,11-15,18,30H2,1H3,(H,33,34)/t19?,20?,25-/m1/s1. The SMILES string of the molecule is COc1ccc2ncc(Cl)c([C@H](N)CCC3CCN(CCSC4CCCCC4)CC3CC(=O)O)c2c1. The minimum atomic E-state index is -0.706. The molecule has 2 aromatic rings. The third-order valence-electron chi connectivity index (χ3n) is 8.01. The van der Waals surface area contributed by atoms with Crippen LogP contribution in [0.4, 0.5) is 0 Å². The molecule has 1 aliphatic heterocycles. The summed E-state index contributed by atoms with van der Waals surface area (Å²) in [6.45, 7) is 2.97. The van der Waals surface area contributed by atoms with Crippen LogP contribution in [0.3, 0.4) is 0 Å². The van der Waals surface area contributed by atoms with E-state index in [1.165, 1.54) is 32.1 Å². The maximum Gasteiger partial charge on any atom is 0.303 e. The van der Waals surface area contributed by atoms with Crippen LogP contribution in [0, 0.1) is 11.8 Å². The Bertz CT molecular complexity index is 1020. The van der Waals surface area contributed by atoms with E-state index < -0.39 is 5.97 Å². The molecule has 3 N–H and O–H groups in total. The highest BCUT2D eigenvalue weighted by atomic mass is 35.5. The van der Waals surface area contributed by atoms with Crippen LogP contribution in [0.2, 0.25) is 5.02 Å². The Hall–Kier alpha value is -1.54. The zero-order chi connectivity index (χ0) is 25.5. The number of fused-ring (bicyclic) bond motifs is 1. The summed E-state index contributed by atoms with van der Waals surface area (Å²) in [5.41, 5.74) is 8.44. The van der Waals surface area contributed by atoms with E-state index in [9.17, 15) is 9.90 Å². The molecule has 0 bridgehead atoms. The van der Waals surface area contributed by atoms with E-state index in [0.29, 0.717) is 10.9 Å². The fourth-order valence-electron chi connectivity index (χ4n) is 5.98. The van der Waals surface area contributed by atoms with Crippen molar-refractivity contribution in [3.05, 3.63) is 35.0 Å². The van der Waals surface area contributed by atoms with Crippen LogP contribution in [-0.2, 0) is 4.79 Å². The van der Waals surface area contributed by atoms with Crippen molar-refractivity contribution in [1.82, 2.24) is 9.88 Å². The molecule has 0 amide bonds. The highest BCUT2D eigenvalue weighted by Gasteiger charge is 2.31. The predicted octanol–water partition coefficient (Wildman–Crippen LogP) is 6.16. The fraction of sp³-hybridized carbons (Fsp3) is 0.643. The minimum Gasteiger partial charge on any atom is -0.497 e. The number of likely N-dealkylation sites (tertiary alicyclic amines) is 1. The maximum atomic E-state index is 11.7. The van der Waals surface area contributed by atoms with Gasteiger partial charge in [0.1, 0.15) is 5.75 Å². The van der Waals surface area contributed by atoms with Gasteiger partial charge in [0.25, 0.3) is 0 Å². The van der Waals surface area contributed by atoms with Gasteiger partial charge in [0, 0.05) is 48.1 Å². The number of thioether (sulfide) groups is 1. The van der Waals surface area contributed by atoms with Crippen LogP contribution in [0.25, 0.3) is 10.9 Å². The Labute approximate surface area is 224 Å². The number of aromatic nitrogens is 1. The number of nitrogens with zero attached hydrogens (tertiary/aromatic N) is 2.